The molecule has 0 radical (unpaired) electrons. The van der Waals surface area contributed by atoms with Crippen molar-refractivity contribution in [2.24, 2.45) is 0 Å². The van der Waals surface area contributed by atoms with Crippen LogP contribution in [-0.4, -0.2) is 29.2 Å². The number of nitrogens with zero attached hydrogens (tertiary/aromatic N) is 2. The predicted molar refractivity (Wildman–Crippen MR) is 67.9 cm³/mol. The maximum atomic E-state index is 11.8. The molecule has 96 valence electrons. The summed E-state index contributed by atoms with van der Waals surface area (Å²) in [7, 11) is 1.60. The van der Waals surface area contributed by atoms with Gasteiger partial charge >= 0.3 is 5.97 Å². The quantitative estimate of drug-likeness (QED) is 0.779. The van der Waals surface area contributed by atoms with Gasteiger partial charge in [0.05, 0.1) is 24.8 Å². The number of imidazole rings is 1. The molecule has 1 heterocycles. The number of carbonyl (C=O) groups is 1. The minimum atomic E-state index is -0.394. The summed E-state index contributed by atoms with van der Waals surface area (Å²) in [4.78, 5) is 16.1. The van der Waals surface area contributed by atoms with E-state index in [-0.39, 0.29) is 0 Å². The fourth-order valence-corrected chi connectivity index (χ4v) is 1.91. The van der Waals surface area contributed by atoms with Crippen molar-refractivity contribution in [3.63, 3.8) is 0 Å². The Balaban J connectivity index is 2.56. The molecule has 1 aromatic carbocycles. The Labute approximate surface area is 105 Å². The second-order valence-corrected chi connectivity index (χ2v) is 3.75. The fourth-order valence-electron chi connectivity index (χ4n) is 1.91. The van der Waals surface area contributed by atoms with Crippen molar-refractivity contribution in [3.8, 4) is 5.75 Å². The highest BCUT2D eigenvalue weighted by Crippen LogP contribution is 2.22. The van der Waals surface area contributed by atoms with Crippen molar-refractivity contribution >= 4 is 17.0 Å². The lowest BCUT2D eigenvalue weighted by molar-refractivity contribution is 0.0507. The number of esters is 1. The van der Waals surface area contributed by atoms with Crippen LogP contribution >= 0.6 is 0 Å². The highest BCUT2D eigenvalue weighted by Gasteiger charge is 2.17. The summed E-state index contributed by atoms with van der Waals surface area (Å²) in [6.45, 7) is 4.75. The minimum absolute atomic E-state index is 0.336. The second kappa shape index (κ2) is 5.08. The summed E-state index contributed by atoms with van der Waals surface area (Å²) in [5.41, 5.74) is 1.64. The van der Waals surface area contributed by atoms with Gasteiger partial charge < -0.3 is 14.0 Å². The molecule has 1 aromatic heterocycles. The predicted octanol–water partition coefficient (Wildman–Crippen LogP) is 2.24. The summed E-state index contributed by atoms with van der Waals surface area (Å²) >= 11 is 0. The van der Waals surface area contributed by atoms with Gasteiger partial charge in [-0.2, -0.15) is 0 Å². The molecule has 0 saturated heterocycles. The third kappa shape index (κ3) is 2.03. The maximum Gasteiger partial charge on any atom is 0.374 e. The molecule has 0 aliphatic rings. The number of fused-ring (bicyclic) bond motifs is 1. The van der Waals surface area contributed by atoms with Crippen molar-refractivity contribution in [1.82, 2.24) is 9.55 Å². The van der Waals surface area contributed by atoms with E-state index in [0.717, 1.165) is 16.8 Å². The van der Waals surface area contributed by atoms with E-state index in [1.807, 2.05) is 29.7 Å². The van der Waals surface area contributed by atoms with Crippen LogP contribution in [0.1, 0.15) is 24.5 Å². The number of aryl methyl sites for hydroxylation is 1. The number of carbonyl (C=O) groups excluding carboxylic acids is 1. The van der Waals surface area contributed by atoms with E-state index in [4.69, 9.17) is 9.47 Å². The van der Waals surface area contributed by atoms with Crippen LogP contribution in [0.5, 0.6) is 5.75 Å². The molecule has 0 saturated carbocycles. The minimum Gasteiger partial charge on any atom is -0.497 e. The van der Waals surface area contributed by atoms with Crippen LogP contribution in [0.3, 0.4) is 0 Å². The van der Waals surface area contributed by atoms with Gasteiger partial charge in [0.15, 0.2) is 0 Å². The third-order valence-corrected chi connectivity index (χ3v) is 2.73. The molecular formula is C13H16N2O3. The lowest BCUT2D eigenvalue weighted by atomic mass is 10.3. The van der Waals surface area contributed by atoms with Crippen LogP contribution in [-0.2, 0) is 11.3 Å². The number of benzene rings is 1. The zero-order valence-electron chi connectivity index (χ0n) is 10.8. The molecule has 0 fully saturated rings. The smallest absolute Gasteiger partial charge is 0.374 e. The highest BCUT2D eigenvalue weighted by atomic mass is 16.5. The number of hydrogen-bond donors (Lipinski definition) is 0. The zero-order chi connectivity index (χ0) is 13.1. The van der Waals surface area contributed by atoms with E-state index in [9.17, 15) is 4.79 Å². The van der Waals surface area contributed by atoms with E-state index < -0.39 is 5.97 Å². The standard InChI is InChI=1S/C13H16N2O3/c1-4-15-11-7-6-9(17-3)8-10(11)14-12(15)13(16)18-5-2/h6-8H,4-5H2,1-3H3. The van der Waals surface area contributed by atoms with Gasteiger partial charge in [-0.3, -0.25) is 0 Å². The molecular weight excluding hydrogens is 232 g/mol. The lowest BCUT2D eigenvalue weighted by Crippen LogP contribution is -2.12. The number of ether oxygens (including phenoxy) is 2. The first-order valence-corrected chi connectivity index (χ1v) is 5.92. The topological polar surface area (TPSA) is 53.4 Å². The van der Waals surface area contributed by atoms with E-state index in [1.54, 1.807) is 14.0 Å². The Morgan fingerprint density at radius 3 is 2.78 bits per heavy atom. The molecule has 0 atom stereocenters. The van der Waals surface area contributed by atoms with Crippen LogP contribution in [0, 0.1) is 0 Å². The Morgan fingerprint density at radius 1 is 1.39 bits per heavy atom. The summed E-state index contributed by atoms with van der Waals surface area (Å²) in [6.07, 6.45) is 0. The summed E-state index contributed by atoms with van der Waals surface area (Å²) in [5.74, 6) is 0.663. The molecule has 0 bridgehead atoms. The van der Waals surface area contributed by atoms with Crippen molar-refractivity contribution in [2.75, 3.05) is 13.7 Å². The SMILES string of the molecule is CCOC(=O)c1nc2cc(OC)ccc2n1CC. The Kier molecular flexibility index (Phi) is 3.50. The third-order valence-electron chi connectivity index (χ3n) is 2.73. The van der Waals surface area contributed by atoms with Gasteiger partial charge in [0.1, 0.15) is 5.75 Å². The molecule has 18 heavy (non-hydrogen) atoms. The Bertz CT molecular complexity index is 575. The molecule has 0 N–H and O–H groups in total. The summed E-state index contributed by atoms with van der Waals surface area (Å²) < 4.78 is 12.0. The average Bonchev–Trinajstić information content (AvgIpc) is 2.76. The Morgan fingerprint density at radius 2 is 2.17 bits per heavy atom. The van der Waals surface area contributed by atoms with Gasteiger partial charge in [-0.05, 0) is 26.0 Å². The van der Waals surface area contributed by atoms with Crippen LogP contribution in [0.4, 0.5) is 0 Å². The average molecular weight is 248 g/mol. The van der Waals surface area contributed by atoms with Crippen molar-refractivity contribution < 1.29 is 14.3 Å². The van der Waals surface area contributed by atoms with Crippen molar-refractivity contribution in [1.29, 1.82) is 0 Å². The summed E-state index contributed by atoms with van der Waals surface area (Å²) in [5, 5.41) is 0. The molecule has 5 heteroatoms. The number of methoxy groups -OCH3 is 1. The van der Waals surface area contributed by atoms with E-state index in [0.29, 0.717) is 19.0 Å². The molecule has 0 spiro atoms. The molecule has 0 aliphatic carbocycles. The van der Waals surface area contributed by atoms with Crippen molar-refractivity contribution in [3.05, 3.63) is 24.0 Å². The van der Waals surface area contributed by atoms with E-state index in [2.05, 4.69) is 4.98 Å². The normalized spacial score (nSPS) is 10.6. The second-order valence-electron chi connectivity index (χ2n) is 3.75. The monoisotopic (exact) mass is 248 g/mol. The van der Waals surface area contributed by atoms with Crippen LogP contribution in [0.25, 0.3) is 11.0 Å². The van der Waals surface area contributed by atoms with Crippen LogP contribution in [0.15, 0.2) is 18.2 Å². The molecule has 0 aliphatic heterocycles. The van der Waals surface area contributed by atoms with E-state index in [1.165, 1.54) is 0 Å². The van der Waals surface area contributed by atoms with Crippen molar-refractivity contribution in [2.45, 2.75) is 20.4 Å². The van der Waals surface area contributed by atoms with Gasteiger partial charge in [-0.25, -0.2) is 9.78 Å². The molecule has 0 amide bonds. The first-order chi connectivity index (χ1) is 8.71. The van der Waals surface area contributed by atoms with Gasteiger partial charge in [-0.1, -0.05) is 0 Å². The highest BCUT2D eigenvalue weighted by molar-refractivity contribution is 5.91. The first-order valence-electron chi connectivity index (χ1n) is 5.92. The van der Waals surface area contributed by atoms with Gasteiger partial charge in [-0.15, -0.1) is 0 Å². The maximum absolute atomic E-state index is 11.8. The fraction of sp³-hybridized carbons (Fsp3) is 0.385. The molecule has 5 nitrogen and oxygen atoms in total. The molecule has 2 rings (SSSR count). The lowest BCUT2D eigenvalue weighted by Gasteiger charge is -2.05. The largest absolute Gasteiger partial charge is 0.497 e. The number of aromatic nitrogens is 2. The van der Waals surface area contributed by atoms with Gasteiger partial charge in [0, 0.05) is 12.6 Å². The number of hydrogen-bond acceptors (Lipinski definition) is 4. The van der Waals surface area contributed by atoms with Crippen LogP contribution < -0.4 is 4.74 Å². The Hall–Kier alpha value is -2.04. The van der Waals surface area contributed by atoms with Gasteiger partial charge in [0.25, 0.3) is 0 Å². The number of rotatable bonds is 4. The summed E-state index contributed by atoms with van der Waals surface area (Å²) in [6, 6.07) is 5.56. The first kappa shape index (κ1) is 12.4. The zero-order valence-corrected chi connectivity index (χ0v) is 10.8. The van der Waals surface area contributed by atoms with E-state index >= 15 is 0 Å². The molecule has 2 aromatic rings. The molecule has 0 unspecified atom stereocenters. The van der Waals surface area contributed by atoms with Gasteiger partial charge in [0.2, 0.25) is 5.82 Å². The van der Waals surface area contributed by atoms with Crippen LogP contribution in [0.2, 0.25) is 0 Å².